The van der Waals surface area contributed by atoms with Crippen molar-refractivity contribution in [3.63, 3.8) is 0 Å². The number of fused-ring (bicyclic) bond motifs is 1. The van der Waals surface area contributed by atoms with Crippen molar-refractivity contribution in [2.24, 2.45) is 0 Å². The van der Waals surface area contributed by atoms with Crippen LogP contribution in [0.25, 0.3) is 0 Å². The van der Waals surface area contributed by atoms with E-state index in [0.717, 1.165) is 23.4 Å². The second-order valence-corrected chi connectivity index (χ2v) is 6.98. The van der Waals surface area contributed by atoms with E-state index < -0.39 is 0 Å². The molecule has 4 rings (SSSR count). The SMILES string of the molecule is Cc1ccccc1CC(=O)Nc1ccc(N2c3ccccc3CC2C)nn1. The molecule has 1 aromatic heterocycles. The first kappa shape index (κ1) is 17.2. The molecule has 2 aromatic carbocycles. The van der Waals surface area contributed by atoms with Gasteiger partial charge in [0.1, 0.15) is 0 Å². The average molecular weight is 358 g/mol. The zero-order chi connectivity index (χ0) is 18.8. The van der Waals surface area contributed by atoms with Crippen molar-refractivity contribution >= 4 is 23.2 Å². The summed E-state index contributed by atoms with van der Waals surface area (Å²) in [6, 6.07) is 20.3. The third-order valence-corrected chi connectivity index (χ3v) is 4.98. The lowest BCUT2D eigenvalue weighted by atomic mass is 10.1. The van der Waals surface area contributed by atoms with Crippen LogP contribution in [-0.2, 0) is 17.6 Å². The van der Waals surface area contributed by atoms with E-state index in [2.05, 4.69) is 45.5 Å². The molecule has 3 aromatic rings. The minimum Gasteiger partial charge on any atom is -0.321 e. The number of amides is 1. The van der Waals surface area contributed by atoms with Gasteiger partial charge in [-0.1, -0.05) is 42.5 Å². The molecule has 1 unspecified atom stereocenters. The highest BCUT2D eigenvalue weighted by atomic mass is 16.1. The summed E-state index contributed by atoms with van der Waals surface area (Å²) < 4.78 is 0. The molecule has 1 atom stereocenters. The monoisotopic (exact) mass is 358 g/mol. The zero-order valence-corrected chi connectivity index (χ0v) is 15.5. The first-order valence-corrected chi connectivity index (χ1v) is 9.17. The summed E-state index contributed by atoms with van der Waals surface area (Å²) >= 11 is 0. The smallest absolute Gasteiger partial charge is 0.230 e. The number of nitrogens with one attached hydrogen (secondary N) is 1. The molecular weight excluding hydrogens is 336 g/mol. The lowest BCUT2D eigenvalue weighted by Gasteiger charge is -2.23. The Balaban J connectivity index is 1.47. The van der Waals surface area contributed by atoms with Crippen molar-refractivity contribution in [2.45, 2.75) is 32.7 Å². The molecule has 0 aliphatic carbocycles. The Bertz CT molecular complexity index is 968. The summed E-state index contributed by atoms with van der Waals surface area (Å²) in [5.41, 5.74) is 4.62. The average Bonchev–Trinajstić information content (AvgIpc) is 3.00. The van der Waals surface area contributed by atoms with E-state index in [9.17, 15) is 4.79 Å². The number of aromatic nitrogens is 2. The highest BCUT2D eigenvalue weighted by Crippen LogP contribution is 2.36. The number of anilines is 3. The predicted molar refractivity (Wildman–Crippen MR) is 107 cm³/mol. The van der Waals surface area contributed by atoms with Gasteiger partial charge in [-0.2, -0.15) is 0 Å². The van der Waals surface area contributed by atoms with E-state index in [4.69, 9.17) is 0 Å². The Morgan fingerprint density at radius 1 is 1.07 bits per heavy atom. The number of carbonyl (C=O) groups excluding carboxylic acids is 1. The van der Waals surface area contributed by atoms with Crippen molar-refractivity contribution in [2.75, 3.05) is 10.2 Å². The highest BCUT2D eigenvalue weighted by molar-refractivity contribution is 5.91. The van der Waals surface area contributed by atoms with E-state index in [-0.39, 0.29) is 5.91 Å². The summed E-state index contributed by atoms with van der Waals surface area (Å²) in [5, 5.41) is 11.4. The van der Waals surface area contributed by atoms with Crippen LogP contribution in [-0.4, -0.2) is 22.1 Å². The number of para-hydroxylation sites is 1. The first-order chi connectivity index (χ1) is 13.1. The molecule has 1 amide bonds. The van der Waals surface area contributed by atoms with Crippen LogP contribution in [0.2, 0.25) is 0 Å². The van der Waals surface area contributed by atoms with E-state index in [0.29, 0.717) is 18.3 Å². The number of carbonyl (C=O) groups is 1. The number of aryl methyl sites for hydroxylation is 1. The van der Waals surface area contributed by atoms with Gasteiger partial charge in [0.05, 0.1) is 6.42 Å². The van der Waals surface area contributed by atoms with Crippen LogP contribution in [0.5, 0.6) is 0 Å². The molecule has 0 saturated carbocycles. The Labute approximate surface area is 159 Å². The molecule has 136 valence electrons. The molecular formula is C22H22N4O. The fourth-order valence-corrected chi connectivity index (χ4v) is 3.60. The van der Waals surface area contributed by atoms with Crippen molar-refractivity contribution in [3.05, 3.63) is 77.4 Å². The normalized spacial score (nSPS) is 15.5. The minimum absolute atomic E-state index is 0.0914. The van der Waals surface area contributed by atoms with Crippen molar-refractivity contribution < 1.29 is 4.79 Å². The maximum Gasteiger partial charge on any atom is 0.230 e. The number of nitrogens with zero attached hydrogens (tertiary/aromatic N) is 3. The van der Waals surface area contributed by atoms with Gasteiger partial charge >= 0.3 is 0 Å². The summed E-state index contributed by atoms with van der Waals surface area (Å²) in [5.74, 6) is 1.17. The maximum absolute atomic E-state index is 12.3. The van der Waals surface area contributed by atoms with Crippen LogP contribution in [0, 0.1) is 6.92 Å². The molecule has 0 bridgehead atoms. The van der Waals surface area contributed by atoms with Crippen LogP contribution < -0.4 is 10.2 Å². The van der Waals surface area contributed by atoms with Crippen LogP contribution in [0.1, 0.15) is 23.6 Å². The van der Waals surface area contributed by atoms with Crippen molar-refractivity contribution in [1.29, 1.82) is 0 Å². The summed E-state index contributed by atoms with van der Waals surface area (Å²) in [6.45, 7) is 4.19. The Morgan fingerprint density at radius 3 is 2.63 bits per heavy atom. The van der Waals surface area contributed by atoms with Crippen LogP contribution in [0.15, 0.2) is 60.7 Å². The Kier molecular flexibility index (Phi) is 4.59. The Hall–Kier alpha value is -3.21. The largest absolute Gasteiger partial charge is 0.321 e. The highest BCUT2D eigenvalue weighted by Gasteiger charge is 2.27. The summed E-state index contributed by atoms with van der Waals surface area (Å²) in [4.78, 5) is 14.5. The summed E-state index contributed by atoms with van der Waals surface area (Å²) in [6.07, 6.45) is 1.32. The molecule has 0 fully saturated rings. The number of hydrogen-bond acceptors (Lipinski definition) is 4. The van der Waals surface area contributed by atoms with E-state index >= 15 is 0 Å². The van der Waals surface area contributed by atoms with Crippen LogP contribution >= 0.6 is 0 Å². The van der Waals surface area contributed by atoms with Gasteiger partial charge < -0.3 is 10.2 Å². The maximum atomic E-state index is 12.3. The quantitative estimate of drug-likeness (QED) is 0.764. The van der Waals surface area contributed by atoms with Gasteiger partial charge in [-0.3, -0.25) is 4.79 Å². The molecule has 0 spiro atoms. The molecule has 0 saturated heterocycles. The molecule has 5 heteroatoms. The molecule has 0 radical (unpaired) electrons. The minimum atomic E-state index is -0.0914. The Morgan fingerprint density at radius 2 is 1.85 bits per heavy atom. The van der Waals surface area contributed by atoms with Gasteiger partial charge in [-0.25, -0.2) is 0 Å². The second kappa shape index (κ2) is 7.19. The lowest BCUT2D eigenvalue weighted by molar-refractivity contribution is -0.115. The topological polar surface area (TPSA) is 58.1 Å². The molecule has 1 aliphatic rings. The fourth-order valence-electron chi connectivity index (χ4n) is 3.60. The third kappa shape index (κ3) is 3.53. The van der Waals surface area contributed by atoms with Gasteiger partial charge in [0.25, 0.3) is 0 Å². The van der Waals surface area contributed by atoms with Crippen LogP contribution in [0.4, 0.5) is 17.3 Å². The van der Waals surface area contributed by atoms with Gasteiger partial charge in [0.2, 0.25) is 5.91 Å². The molecule has 2 heterocycles. The van der Waals surface area contributed by atoms with E-state index in [1.54, 1.807) is 0 Å². The standard InChI is InChI=1S/C22H22N4O/c1-15-7-3-4-8-17(15)14-22(27)23-20-11-12-21(25-24-20)26-16(2)13-18-9-5-6-10-19(18)26/h3-12,16H,13-14H2,1-2H3,(H,23,24,27). The number of hydrogen-bond donors (Lipinski definition) is 1. The molecule has 27 heavy (non-hydrogen) atoms. The third-order valence-electron chi connectivity index (χ3n) is 4.98. The van der Waals surface area contributed by atoms with Crippen LogP contribution in [0.3, 0.4) is 0 Å². The predicted octanol–water partition coefficient (Wildman–Crippen LogP) is 4.05. The number of benzene rings is 2. The number of rotatable bonds is 4. The molecule has 1 N–H and O–H groups in total. The molecule has 1 aliphatic heterocycles. The van der Waals surface area contributed by atoms with E-state index in [1.165, 1.54) is 11.3 Å². The van der Waals surface area contributed by atoms with Crippen molar-refractivity contribution in [3.8, 4) is 0 Å². The van der Waals surface area contributed by atoms with Gasteiger partial charge in [0.15, 0.2) is 11.6 Å². The fraction of sp³-hybridized carbons (Fsp3) is 0.227. The lowest BCUT2D eigenvalue weighted by Crippen LogP contribution is -2.25. The zero-order valence-electron chi connectivity index (χ0n) is 15.5. The van der Waals surface area contributed by atoms with Gasteiger partial charge in [-0.05, 0) is 55.2 Å². The van der Waals surface area contributed by atoms with Gasteiger partial charge in [-0.15, -0.1) is 10.2 Å². The first-order valence-electron chi connectivity index (χ1n) is 9.17. The summed E-state index contributed by atoms with van der Waals surface area (Å²) in [7, 11) is 0. The van der Waals surface area contributed by atoms with E-state index in [1.807, 2.05) is 49.4 Å². The second-order valence-electron chi connectivity index (χ2n) is 6.98. The van der Waals surface area contributed by atoms with Gasteiger partial charge in [0, 0.05) is 11.7 Å². The van der Waals surface area contributed by atoms with Crippen molar-refractivity contribution in [1.82, 2.24) is 10.2 Å². The molecule has 5 nitrogen and oxygen atoms in total.